The molecule has 10 rings (SSSR count). The maximum atomic E-state index is 5.26. The molecule has 2 heterocycles. The molecule has 10 aromatic rings. The van der Waals surface area contributed by atoms with Crippen LogP contribution < -0.4 is 0 Å². The molecule has 0 N–H and O–H groups in total. The smallest absolute Gasteiger partial charge is 0.160 e. The van der Waals surface area contributed by atoms with Crippen LogP contribution in [0.2, 0.25) is 0 Å². The Balaban J connectivity index is 1.27. The van der Waals surface area contributed by atoms with Crippen molar-refractivity contribution in [3.05, 3.63) is 194 Å². The molecule has 0 radical (unpaired) electrons. The van der Waals surface area contributed by atoms with Crippen LogP contribution in [-0.4, -0.2) is 9.97 Å². The summed E-state index contributed by atoms with van der Waals surface area (Å²) in [6.07, 6.45) is 0. The number of thiophene rings is 1. The third kappa shape index (κ3) is 5.78. The fourth-order valence-corrected chi connectivity index (χ4v) is 8.76. The van der Waals surface area contributed by atoms with Crippen molar-refractivity contribution in [2.75, 3.05) is 0 Å². The molecule has 0 aliphatic carbocycles. The number of hydrogen-bond acceptors (Lipinski definition) is 3. The van der Waals surface area contributed by atoms with Gasteiger partial charge in [-0.1, -0.05) is 158 Å². The molecule has 8 aromatic carbocycles. The second kappa shape index (κ2) is 13.1. The van der Waals surface area contributed by atoms with E-state index in [0.29, 0.717) is 5.82 Å². The van der Waals surface area contributed by atoms with E-state index in [-0.39, 0.29) is 0 Å². The van der Waals surface area contributed by atoms with Crippen LogP contribution in [0.15, 0.2) is 194 Å². The summed E-state index contributed by atoms with van der Waals surface area (Å²) in [6.45, 7) is 0. The molecule has 0 aliphatic heterocycles. The second-order valence-corrected chi connectivity index (χ2v) is 14.4. The summed E-state index contributed by atoms with van der Waals surface area (Å²) in [4.78, 5) is 10.4. The van der Waals surface area contributed by atoms with Crippen molar-refractivity contribution in [2.24, 2.45) is 0 Å². The molecule has 0 atom stereocenters. The van der Waals surface area contributed by atoms with Gasteiger partial charge in [0.05, 0.1) is 11.4 Å². The Kier molecular flexibility index (Phi) is 7.71. The van der Waals surface area contributed by atoms with Crippen molar-refractivity contribution in [3.63, 3.8) is 0 Å². The minimum atomic E-state index is 0.706. The molecule has 0 aliphatic rings. The van der Waals surface area contributed by atoms with Crippen LogP contribution in [0, 0.1) is 0 Å². The van der Waals surface area contributed by atoms with Crippen LogP contribution in [0.4, 0.5) is 0 Å². The maximum Gasteiger partial charge on any atom is 0.160 e. The van der Waals surface area contributed by atoms with Gasteiger partial charge in [0.25, 0.3) is 0 Å². The Bertz CT molecular complexity index is 2860. The summed E-state index contributed by atoms with van der Waals surface area (Å²) in [6, 6.07) is 69.2. The summed E-state index contributed by atoms with van der Waals surface area (Å²) in [5, 5.41) is 5.12. The lowest BCUT2D eigenvalue weighted by molar-refractivity contribution is 1.18. The number of fused-ring (bicyclic) bond motifs is 5. The Morgan fingerprint density at radius 1 is 0.340 bits per heavy atom. The molecule has 248 valence electrons. The minimum absolute atomic E-state index is 0.706. The number of benzene rings is 8. The molecule has 0 amide bonds. The average Bonchev–Trinajstić information content (AvgIpc) is 3.63. The molecule has 53 heavy (non-hydrogen) atoms. The van der Waals surface area contributed by atoms with E-state index in [2.05, 4.69) is 170 Å². The zero-order valence-corrected chi connectivity index (χ0v) is 29.6. The highest BCUT2D eigenvalue weighted by Gasteiger charge is 2.18. The van der Waals surface area contributed by atoms with E-state index >= 15 is 0 Å². The SMILES string of the molecule is c1ccc(-c2cc(-c3cc(-c4ccccc4)nc(-c4ccccc4)n3)cc(-c3cc(-c4ccccc4)cc4sc5c6ccccc6ccc5c34)c2)cc1. The van der Waals surface area contributed by atoms with Crippen LogP contribution in [-0.2, 0) is 0 Å². The van der Waals surface area contributed by atoms with Crippen molar-refractivity contribution >= 4 is 42.3 Å². The first-order valence-electron chi connectivity index (χ1n) is 17.9. The molecule has 0 unspecified atom stereocenters. The second-order valence-electron chi connectivity index (χ2n) is 13.4. The fourth-order valence-electron chi connectivity index (χ4n) is 7.45. The van der Waals surface area contributed by atoms with Gasteiger partial charge in [0.15, 0.2) is 5.82 Å². The van der Waals surface area contributed by atoms with Crippen LogP contribution in [0.1, 0.15) is 0 Å². The lowest BCUT2D eigenvalue weighted by Gasteiger charge is -2.15. The Hall–Kier alpha value is -6.68. The van der Waals surface area contributed by atoms with Gasteiger partial charge in [0, 0.05) is 36.9 Å². The molecule has 3 heteroatoms. The third-order valence-electron chi connectivity index (χ3n) is 10.0. The quantitative estimate of drug-likeness (QED) is 0.173. The van der Waals surface area contributed by atoms with E-state index in [1.165, 1.54) is 47.6 Å². The lowest BCUT2D eigenvalue weighted by Crippen LogP contribution is -1.96. The maximum absolute atomic E-state index is 5.26. The fraction of sp³-hybridized carbons (Fsp3) is 0. The summed E-state index contributed by atoms with van der Waals surface area (Å²) < 4.78 is 2.60. The first kappa shape index (κ1) is 31.1. The Morgan fingerprint density at radius 3 is 1.55 bits per heavy atom. The zero-order chi connectivity index (χ0) is 35.1. The van der Waals surface area contributed by atoms with Gasteiger partial charge in [-0.3, -0.25) is 0 Å². The van der Waals surface area contributed by atoms with Crippen molar-refractivity contribution < 1.29 is 0 Å². The topological polar surface area (TPSA) is 25.8 Å². The van der Waals surface area contributed by atoms with Gasteiger partial charge in [0.2, 0.25) is 0 Å². The van der Waals surface area contributed by atoms with Crippen molar-refractivity contribution in [1.29, 1.82) is 0 Å². The molecule has 0 bridgehead atoms. The van der Waals surface area contributed by atoms with Gasteiger partial charge in [-0.05, 0) is 80.6 Å². The normalized spacial score (nSPS) is 11.4. The van der Waals surface area contributed by atoms with Crippen LogP contribution >= 0.6 is 11.3 Å². The van der Waals surface area contributed by atoms with Gasteiger partial charge < -0.3 is 0 Å². The van der Waals surface area contributed by atoms with E-state index in [4.69, 9.17) is 9.97 Å². The standard InChI is InChI=1S/C50H32N2S/c1-5-15-33(16-6-1)38-27-40(29-41(28-38)46-32-45(36-20-9-3-10-21-36)51-50(52-46)37-22-11-4-12-23-37)44-30-39(34-17-7-2-8-18-34)31-47-48(44)43-26-25-35-19-13-14-24-42(35)49(43)53-47/h1-32H. The highest BCUT2D eigenvalue weighted by Crippen LogP contribution is 2.46. The zero-order valence-electron chi connectivity index (χ0n) is 28.8. The molecular formula is C50H32N2S. The summed E-state index contributed by atoms with van der Waals surface area (Å²) in [7, 11) is 0. The molecular weight excluding hydrogens is 661 g/mol. The van der Waals surface area contributed by atoms with Gasteiger partial charge in [-0.15, -0.1) is 11.3 Å². The lowest BCUT2D eigenvalue weighted by atomic mass is 9.90. The molecule has 0 spiro atoms. The Labute approximate surface area is 312 Å². The van der Waals surface area contributed by atoms with E-state index in [1.807, 2.05) is 35.6 Å². The molecule has 0 fully saturated rings. The van der Waals surface area contributed by atoms with Gasteiger partial charge >= 0.3 is 0 Å². The third-order valence-corrected chi connectivity index (χ3v) is 11.2. The first-order chi connectivity index (χ1) is 26.2. The van der Waals surface area contributed by atoms with Gasteiger partial charge in [0.1, 0.15) is 0 Å². The molecule has 0 saturated carbocycles. The summed E-state index contributed by atoms with van der Waals surface area (Å²) in [5.41, 5.74) is 11.9. The van der Waals surface area contributed by atoms with E-state index in [9.17, 15) is 0 Å². The van der Waals surface area contributed by atoms with E-state index in [0.717, 1.165) is 44.8 Å². The average molecular weight is 693 g/mol. The van der Waals surface area contributed by atoms with Crippen LogP contribution in [0.25, 0.3) is 98.2 Å². The van der Waals surface area contributed by atoms with E-state index in [1.54, 1.807) is 0 Å². The number of aromatic nitrogens is 2. The van der Waals surface area contributed by atoms with Crippen molar-refractivity contribution in [3.8, 4) is 67.3 Å². The Morgan fingerprint density at radius 2 is 0.868 bits per heavy atom. The highest BCUT2D eigenvalue weighted by atomic mass is 32.1. The van der Waals surface area contributed by atoms with Crippen molar-refractivity contribution in [2.45, 2.75) is 0 Å². The summed E-state index contributed by atoms with van der Waals surface area (Å²) in [5.74, 6) is 0.706. The van der Waals surface area contributed by atoms with Gasteiger partial charge in [-0.25, -0.2) is 9.97 Å². The highest BCUT2D eigenvalue weighted by molar-refractivity contribution is 7.26. The molecule has 2 nitrogen and oxygen atoms in total. The number of nitrogens with zero attached hydrogens (tertiary/aromatic N) is 2. The van der Waals surface area contributed by atoms with Crippen LogP contribution in [0.5, 0.6) is 0 Å². The first-order valence-corrected chi connectivity index (χ1v) is 18.7. The molecule has 2 aromatic heterocycles. The van der Waals surface area contributed by atoms with E-state index < -0.39 is 0 Å². The largest absolute Gasteiger partial charge is 0.228 e. The number of hydrogen-bond donors (Lipinski definition) is 0. The van der Waals surface area contributed by atoms with Gasteiger partial charge in [-0.2, -0.15) is 0 Å². The predicted octanol–water partition coefficient (Wildman–Crippen LogP) is 14.0. The predicted molar refractivity (Wildman–Crippen MR) is 225 cm³/mol. The van der Waals surface area contributed by atoms with Crippen LogP contribution in [0.3, 0.4) is 0 Å². The summed E-state index contributed by atoms with van der Waals surface area (Å²) >= 11 is 1.89. The minimum Gasteiger partial charge on any atom is -0.228 e. The monoisotopic (exact) mass is 692 g/mol. The van der Waals surface area contributed by atoms with Crippen molar-refractivity contribution in [1.82, 2.24) is 9.97 Å². The molecule has 0 saturated heterocycles. The number of rotatable bonds is 6.